The molecule has 3 N–H and O–H groups in total. The first-order chi connectivity index (χ1) is 9.90. The number of alkyl halides is 3. The van der Waals surface area contributed by atoms with Gasteiger partial charge in [0.25, 0.3) is 0 Å². The number of halogens is 3. The van der Waals surface area contributed by atoms with Crippen molar-refractivity contribution in [3.8, 4) is 11.4 Å². The summed E-state index contributed by atoms with van der Waals surface area (Å²) in [5.41, 5.74) is 4.81. The molecular weight excluding hydrogens is 285 g/mol. The third-order valence-corrected chi connectivity index (χ3v) is 2.66. The summed E-state index contributed by atoms with van der Waals surface area (Å²) in [6.45, 7) is 0.832. The van der Waals surface area contributed by atoms with Crippen molar-refractivity contribution in [3.05, 3.63) is 24.0 Å². The zero-order valence-corrected chi connectivity index (χ0v) is 11.4. The Morgan fingerprint density at radius 3 is 2.62 bits per heavy atom. The van der Waals surface area contributed by atoms with Gasteiger partial charge < -0.3 is 11.1 Å². The number of aromatic nitrogens is 4. The van der Waals surface area contributed by atoms with Crippen molar-refractivity contribution in [2.24, 2.45) is 12.8 Å². The van der Waals surface area contributed by atoms with Crippen LogP contribution in [0, 0.1) is 0 Å². The summed E-state index contributed by atoms with van der Waals surface area (Å²) in [5, 5.41) is 6.79. The van der Waals surface area contributed by atoms with Crippen molar-refractivity contribution < 1.29 is 13.2 Å². The third kappa shape index (κ3) is 3.91. The highest BCUT2D eigenvalue weighted by Crippen LogP contribution is 2.30. The maximum atomic E-state index is 12.9. The molecule has 2 heterocycles. The highest BCUT2D eigenvalue weighted by Gasteiger charge is 2.34. The number of nitrogens with one attached hydrogen (secondary N) is 1. The van der Waals surface area contributed by atoms with Crippen LogP contribution in [0.3, 0.4) is 0 Å². The summed E-state index contributed by atoms with van der Waals surface area (Å²) in [5.74, 6) is -0.0843. The van der Waals surface area contributed by atoms with Gasteiger partial charge in [0.1, 0.15) is 5.69 Å². The van der Waals surface area contributed by atoms with E-state index >= 15 is 0 Å². The Hall–Kier alpha value is -2.16. The molecule has 114 valence electrons. The molecule has 0 bridgehead atoms. The molecule has 0 aromatic carbocycles. The minimum Gasteiger partial charge on any atom is -0.354 e. The van der Waals surface area contributed by atoms with E-state index in [1.165, 1.54) is 4.68 Å². The predicted octanol–water partition coefficient (Wildman–Crippen LogP) is 1.66. The van der Waals surface area contributed by atoms with Gasteiger partial charge in [-0.1, -0.05) is 0 Å². The fraction of sp³-hybridized carbons (Fsp3) is 0.417. The van der Waals surface area contributed by atoms with Crippen LogP contribution in [0.25, 0.3) is 11.4 Å². The van der Waals surface area contributed by atoms with Crippen molar-refractivity contribution in [2.45, 2.75) is 12.6 Å². The Labute approximate surface area is 119 Å². The average Bonchev–Trinajstić information content (AvgIpc) is 2.84. The molecule has 0 fully saturated rings. The first-order valence-corrected chi connectivity index (χ1v) is 6.30. The predicted molar refractivity (Wildman–Crippen MR) is 71.4 cm³/mol. The standard InChI is InChI=1S/C12H15F3N6/c1-21-6-3-8(20-21)9-7-10(12(13,14)15)19-11(18-9)17-5-2-4-16/h3,6-7H,2,4-5,16H2,1H3,(H,17,18,19). The third-order valence-electron chi connectivity index (χ3n) is 2.66. The van der Waals surface area contributed by atoms with E-state index in [1.54, 1.807) is 19.3 Å². The smallest absolute Gasteiger partial charge is 0.354 e. The van der Waals surface area contributed by atoms with Crippen LogP contribution in [0.1, 0.15) is 12.1 Å². The van der Waals surface area contributed by atoms with E-state index in [1.807, 2.05) is 0 Å². The van der Waals surface area contributed by atoms with Crippen LogP contribution in [0.15, 0.2) is 18.3 Å². The van der Waals surface area contributed by atoms with Crippen LogP contribution in [0.5, 0.6) is 0 Å². The van der Waals surface area contributed by atoms with Gasteiger partial charge in [0.15, 0.2) is 5.69 Å². The summed E-state index contributed by atoms with van der Waals surface area (Å²) in [6, 6.07) is 2.47. The molecule has 0 aliphatic heterocycles. The van der Waals surface area contributed by atoms with Gasteiger partial charge in [-0.15, -0.1) is 0 Å². The monoisotopic (exact) mass is 300 g/mol. The molecule has 0 atom stereocenters. The lowest BCUT2D eigenvalue weighted by Gasteiger charge is -2.10. The molecule has 0 amide bonds. The van der Waals surface area contributed by atoms with Gasteiger partial charge in [0, 0.05) is 19.8 Å². The van der Waals surface area contributed by atoms with E-state index in [4.69, 9.17) is 5.73 Å². The van der Waals surface area contributed by atoms with Gasteiger partial charge in [-0.25, -0.2) is 9.97 Å². The van der Waals surface area contributed by atoms with Gasteiger partial charge in [-0.05, 0) is 25.1 Å². The number of hydrogen-bond donors (Lipinski definition) is 2. The number of aryl methyl sites for hydroxylation is 1. The normalized spacial score (nSPS) is 11.7. The Kier molecular flexibility index (Phi) is 4.41. The van der Waals surface area contributed by atoms with E-state index in [2.05, 4.69) is 20.4 Å². The Balaban J connectivity index is 2.37. The van der Waals surface area contributed by atoms with Crippen molar-refractivity contribution >= 4 is 5.95 Å². The van der Waals surface area contributed by atoms with E-state index < -0.39 is 11.9 Å². The Morgan fingerprint density at radius 1 is 1.29 bits per heavy atom. The van der Waals surface area contributed by atoms with Crippen molar-refractivity contribution in [1.29, 1.82) is 0 Å². The van der Waals surface area contributed by atoms with Crippen LogP contribution in [-0.2, 0) is 13.2 Å². The molecule has 2 aromatic heterocycles. The number of anilines is 1. The van der Waals surface area contributed by atoms with Crippen LogP contribution >= 0.6 is 0 Å². The Morgan fingerprint density at radius 2 is 2.05 bits per heavy atom. The molecule has 0 unspecified atom stereocenters. The topological polar surface area (TPSA) is 81.7 Å². The fourth-order valence-corrected chi connectivity index (χ4v) is 1.66. The highest BCUT2D eigenvalue weighted by molar-refractivity contribution is 5.56. The van der Waals surface area contributed by atoms with Gasteiger partial charge in [-0.2, -0.15) is 18.3 Å². The van der Waals surface area contributed by atoms with Crippen molar-refractivity contribution in [3.63, 3.8) is 0 Å². The van der Waals surface area contributed by atoms with Gasteiger partial charge in [0.2, 0.25) is 5.95 Å². The number of nitrogens with zero attached hydrogens (tertiary/aromatic N) is 4. The number of rotatable bonds is 5. The molecule has 6 nitrogen and oxygen atoms in total. The summed E-state index contributed by atoms with van der Waals surface area (Å²) < 4.78 is 40.2. The van der Waals surface area contributed by atoms with E-state index in [9.17, 15) is 13.2 Å². The van der Waals surface area contributed by atoms with Gasteiger partial charge in [0.05, 0.1) is 5.69 Å². The minimum atomic E-state index is -4.54. The van der Waals surface area contributed by atoms with Crippen molar-refractivity contribution in [1.82, 2.24) is 19.7 Å². The molecule has 2 rings (SSSR count). The molecule has 9 heteroatoms. The first kappa shape index (κ1) is 15.2. The molecule has 0 aliphatic carbocycles. The number of nitrogens with two attached hydrogens (primary N) is 1. The van der Waals surface area contributed by atoms with Crippen LogP contribution in [0.2, 0.25) is 0 Å². The second kappa shape index (κ2) is 6.08. The van der Waals surface area contributed by atoms with E-state index in [0.29, 0.717) is 25.2 Å². The van der Waals surface area contributed by atoms with E-state index in [0.717, 1.165) is 6.07 Å². The molecule has 0 aliphatic rings. The molecular formula is C12H15F3N6. The van der Waals surface area contributed by atoms with Gasteiger partial charge in [-0.3, -0.25) is 4.68 Å². The zero-order chi connectivity index (χ0) is 15.5. The molecule has 0 spiro atoms. The first-order valence-electron chi connectivity index (χ1n) is 6.30. The number of hydrogen-bond acceptors (Lipinski definition) is 5. The highest BCUT2D eigenvalue weighted by atomic mass is 19.4. The Bertz CT molecular complexity index is 607. The fourth-order valence-electron chi connectivity index (χ4n) is 1.66. The maximum absolute atomic E-state index is 12.9. The molecule has 0 saturated heterocycles. The lowest BCUT2D eigenvalue weighted by atomic mass is 10.2. The van der Waals surface area contributed by atoms with E-state index in [-0.39, 0.29) is 11.6 Å². The summed E-state index contributed by atoms with van der Waals surface area (Å²) in [7, 11) is 1.68. The zero-order valence-electron chi connectivity index (χ0n) is 11.4. The SMILES string of the molecule is Cn1ccc(-c2cc(C(F)(F)F)nc(NCCCN)n2)n1. The lowest BCUT2D eigenvalue weighted by Crippen LogP contribution is -2.15. The van der Waals surface area contributed by atoms with Crippen molar-refractivity contribution in [2.75, 3.05) is 18.4 Å². The van der Waals surface area contributed by atoms with Crippen LogP contribution < -0.4 is 11.1 Å². The maximum Gasteiger partial charge on any atom is 0.433 e. The second-order valence-corrected chi connectivity index (χ2v) is 4.40. The summed E-state index contributed by atoms with van der Waals surface area (Å²) in [6.07, 6.45) is -2.30. The van der Waals surface area contributed by atoms with Crippen LogP contribution in [0.4, 0.5) is 19.1 Å². The summed E-state index contributed by atoms with van der Waals surface area (Å²) >= 11 is 0. The molecule has 2 aromatic rings. The lowest BCUT2D eigenvalue weighted by molar-refractivity contribution is -0.141. The molecule has 0 saturated carbocycles. The minimum absolute atomic E-state index is 0.0843. The second-order valence-electron chi connectivity index (χ2n) is 4.40. The van der Waals surface area contributed by atoms with Crippen LogP contribution in [-0.4, -0.2) is 32.8 Å². The quantitative estimate of drug-likeness (QED) is 0.821. The average molecular weight is 300 g/mol. The van der Waals surface area contributed by atoms with Gasteiger partial charge >= 0.3 is 6.18 Å². The summed E-state index contributed by atoms with van der Waals surface area (Å²) in [4.78, 5) is 7.55. The molecule has 0 radical (unpaired) electrons. The largest absolute Gasteiger partial charge is 0.433 e. The molecule has 21 heavy (non-hydrogen) atoms.